The van der Waals surface area contributed by atoms with Crippen LogP contribution in [0.15, 0.2) is 24.3 Å². The van der Waals surface area contributed by atoms with Crippen LogP contribution >= 0.6 is 0 Å². The van der Waals surface area contributed by atoms with E-state index in [0.717, 1.165) is 45.3 Å². The Balaban J connectivity index is 1.74. The number of esters is 1. The monoisotopic (exact) mass is 275 g/mol. The molecule has 1 heterocycles. The van der Waals surface area contributed by atoms with Gasteiger partial charge >= 0.3 is 5.97 Å². The molecule has 0 saturated carbocycles. The average molecular weight is 275 g/mol. The smallest absolute Gasteiger partial charge is 0.308 e. The molecule has 110 valence electrons. The number of benzene rings is 1. The van der Waals surface area contributed by atoms with Gasteiger partial charge in [-0.25, -0.2) is 0 Å². The van der Waals surface area contributed by atoms with Crippen molar-refractivity contribution in [3.05, 3.63) is 35.4 Å². The number of carbonyl (C=O) groups is 1. The van der Waals surface area contributed by atoms with Crippen LogP contribution in [-0.4, -0.2) is 37.6 Å². The van der Waals surface area contributed by atoms with Gasteiger partial charge in [0.1, 0.15) is 0 Å². The largest absolute Gasteiger partial charge is 0.469 e. The Morgan fingerprint density at radius 2 is 1.80 bits per heavy atom. The highest BCUT2D eigenvalue weighted by Gasteiger charge is 2.25. The Morgan fingerprint density at radius 3 is 2.35 bits per heavy atom. The van der Waals surface area contributed by atoms with E-state index < -0.39 is 0 Å². The zero-order chi connectivity index (χ0) is 14.4. The van der Waals surface area contributed by atoms with Crippen LogP contribution in [-0.2, 0) is 22.4 Å². The zero-order valence-electron chi connectivity index (χ0n) is 12.6. The molecule has 2 rings (SSSR count). The highest BCUT2D eigenvalue weighted by molar-refractivity contribution is 5.72. The first-order valence-electron chi connectivity index (χ1n) is 7.61. The molecule has 0 aliphatic carbocycles. The van der Waals surface area contributed by atoms with Crippen molar-refractivity contribution >= 4 is 5.97 Å². The maximum absolute atomic E-state index is 11.5. The molecule has 0 radical (unpaired) electrons. The third kappa shape index (κ3) is 4.07. The number of ether oxygens (including phenoxy) is 1. The molecule has 0 aromatic heterocycles. The number of hydrogen-bond acceptors (Lipinski definition) is 3. The van der Waals surface area contributed by atoms with Crippen LogP contribution in [0.4, 0.5) is 0 Å². The predicted molar refractivity (Wildman–Crippen MR) is 80.7 cm³/mol. The molecule has 1 aliphatic heterocycles. The van der Waals surface area contributed by atoms with Gasteiger partial charge < -0.3 is 9.64 Å². The van der Waals surface area contributed by atoms with E-state index in [-0.39, 0.29) is 11.9 Å². The Morgan fingerprint density at radius 1 is 1.20 bits per heavy atom. The second-order valence-corrected chi connectivity index (χ2v) is 5.56. The molecular formula is C17H25NO2. The van der Waals surface area contributed by atoms with Crippen LogP contribution in [0.3, 0.4) is 0 Å². The normalized spacial score (nSPS) is 17.1. The van der Waals surface area contributed by atoms with Crippen molar-refractivity contribution < 1.29 is 9.53 Å². The van der Waals surface area contributed by atoms with Crippen LogP contribution in [0.2, 0.25) is 0 Å². The number of rotatable bonds is 5. The number of methoxy groups -OCH3 is 1. The van der Waals surface area contributed by atoms with Crippen molar-refractivity contribution in [3.8, 4) is 0 Å². The maximum Gasteiger partial charge on any atom is 0.308 e. The number of aryl methyl sites for hydroxylation is 1. The summed E-state index contributed by atoms with van der Waals surface area (Å²) in [5, 5.41) is 0. The summed E-state index contributed by atoms with van der Waals surface area (Å²) in [7, 11) is 1.48. The molecule has 0 N–H and O–H groups in total. The van der Waals surface area contributed by atoms with E-state index in [1.165, 1.54) is 18.2 Å². The van der Waals surface area contributed by atoms with Gasteiger partial charge in [0.25, 0.3) is 0 Å². The Kier molecular flexibility index (Phi) is 5.60. The molecule has 0 amide bonds. The standard InChI is InChI=1S/C17H25NO2/c1-3-14-4-6-15(7-5-14)8-11-18-12-9-16(10-13-18)17(19)20-2/h4-7,16H,3,8-13H2,1-2H3. The van der Waals surface area contributed by atoms with Crippen molar-refractivity contribution in [2.24, 2.45) is 5.92 Å². The summed E-state index contributed by atoms with van der Waals surface area (Å²) in [5.74, 6) is 0.0693. The van der Waals surface area contributed by atoms with Gasteiger partial charge in [-0.1, -0.05) is 31.2 Å². The van der Waals surface area contributed by atoms with Crippen molar-refractivity contribution in [3.63, 3.8) is 0 Å². The van der Waals surface area contributed by atoms with Gasteiger partial charge in [-0.2, -0.15) is 0 Å². The fourth-order valence-corrected chi connectivity index (χ4v) is 2.79. The van der Waals surface area contributed by atoms with E-state index in [9.17, 15) is 4.79 Å². The van der Waals surface area contributed by atoms with Crippen LogP contribution in [0.1, 0.15) is 30.9 Å². The van der Waals surface area contributed by atoms with Crippen LogP contribution < -0.4 is 0 Å². The SMILES string of the molecule is CCc1ccc(CCN2CCC(C(=O)OC)CC2)cc1. The molecule has 1 aromatic carbocycles. The van der Waals surface area contributed by atoms with Crippen molar-refractivity contribution in [2.75, 3.05) is 26.7 Å². The van der Waals surface area contributed by atoms with E-state index in [1.54, 1.807) is 0 Å². The number of hydrogen-bond donors (Lipinski definition) is 0. The summed E-state index contributed by atoms with van der Waals surface area (Å²) in [6.45, 7) is 5.28. The minimum Gasteiger partial charge on any atom is -0.469 e. The van der Waals surface area contributed by atoms with E-state index in [0.29, 0.717) is 0 Å². The first-order valence-corrected chi connectivity index (χ1v) is 7.61. The molecule has 1 aliphatic rings. The second kappa shape index (κ2) is 7.44. The second-order valence-electron chi connectivity index (χ2n) is 5.56. The van der Waals surface area contributed by atoms with Gasteiger partial charge in [0.2, 0.25) is 0 Å². The number of carbonyl (C=O) groups excluding carboxylic acids is 1. The lowest BCUT2D eigenvalue weighted by Gasteiger charge is -2.30. The molecule has 1 fully saturated rings. The third-order valence-electron chi connectivity index (χ3n) is 4.27. The van der Waals surface area contributed by atoms with Crippen LogP contribution in [0.5, 0.6) is 0 Å². The minimum absolute atomic E-state index is 0.0418. The molecular weight excluding hydrogens is 250 g/mol. The Bertz CT molecular complexity index is 419. The fourth-order valence-electron chi connectivity index (χ4n) is 2.79. The third-order valence-corrected chi connectivity index (χ3v) is 4.27. The van der Waals surface area contributed by atoms with Gasteiger partial charge in [0, 0.05) is 6.54 Å². The van der Waals surface area contributed by atoms with Crippen LogP contribution in [0, 0.1) is 5.92 Å². The first kappa shape index (κ1) is 15.0. The lowest BCUT2D eigenvalue weighted by molar-refractivity contribution is -0.147. The average Bonchev–Trinajstić information content (AvgIpc) is 2.53. The van der Waals surface area contributed by atoms with E-state index in [1.807, 2.05) is 0 Å². The fraction of sp³-hybridized carbons (Fsp3) is 0.588. The summed E-state index contributed by atoms with van der Waals surface area (Å²) < 4.78 is 4.82. The summed E-state index contributed by atoms with van der Waals surface area (Å²) in [4.78, 5) is 13.9. The number of likely N-dealkylation sites (tertiary alicyclic amines) is 1. The van der Waals surface area contributed by atoms with Crippen molar-refractivity contribution in [1.29, 1.82) is 0 Å². The number of piperidine rings is 1. The minimum atomic E-state index is -0.0418. The van der Waals surface area contributed by atoms with Gasteiger partial charge in [-0.3, -0.25) is 4.79 Å². The van der Waals surface area contributed by atoms with Gasteiger partial charge in [-0.15, -0.1) is 0 Å². The quantitative estimate of drug-likeness (QED) is 0.774. The molecule has 0 atom stereocenters. The molecule has 3 nitrogen and oxygen atoms in total. The zero-order valence-corrected chi connectivity index (χ0v) is 12.6. The number of nitrogens with zero attached hydrogens (tertiary/aromatic N) is 1. The van der Waals surface area contributed by atoms with Crippen molar-refractivity contribution in [1.82, 2.24) is 4.90 Å². The molecule has 0 spiro atoms. The lowest BCUT2D eigenvalue weighted by Crippen LogP contribution is -2.37. The van der Waals surface area contributed by atoms with Gasteiger partial charge in [0.05, 0.1) is 13.0 Å². The first-order chi connectivity index (χ1) is 9.72. The Labute approximate surface area is 121 Å². The predicted octanol–water partition coefficient (Wildman–Crippen LogP) is 2.68. The summed E-state index contributed by atoms with van der Waals surface area (Å²) >= 11 is 0. The van der Waals surface area contributed by atoms with Gasteiger partial charge in [0.15, 0.2) is 0 Å². The van der Waals surface area contributed by atoms with E-state index >= 15 is 0 Å². The Hall–Kier alpha value is -1.35. The molecule has 0 unspecified atom stereocenters. The molecule has 0 bridgehead atoms. The van der Waals surface area contributed by atoms with Crippen molar-refractivity contribution in [2.45, 2.75) is 32.6 Å². The van der Waals surface area contributed by atoms with E-state index in [2.05, 4.69) is 36.1 Å². The highest BCUT2D eigenvalue weighted by Crippen LogP contribution is 2.18. The van der Waals surface area contributed by atoms with E-state index in [4.69, 9.17) is 4.74 Å². The lowest BCUT2D eigenvalue weighted by atomic mass is 9.96. The maximum atomic E-state index is 11.5. The van der Waals surface area contributed by atoms with Crippen LogP contribution in [0.25, 0.3) is 0 Å². The summed E-state index contributed by atoms with van der Waals surface area (Å²) in [5.41, 5.74) is 2.80. The molecule has 20 heavy (non-hydrogen) atoms. The topological polar surface area (TPSA) is 29.5 Å². The molecule has 1 saturated heterocycles. The molecule has 1 aromatic rings. The molecule has 3 heteroatoms. The van der Waals surface area contributed by atoms with Gasteiger partial charge in [-0.05, 0) is 49.9 Å². The highest BCUT2D eigenvalue weighted by atomic mass is 16.5. The summed E-state index contributed by atoms with van der Waals surface area (Å²) in [6.07, 6.45) is 4.05. The summed E-state index contributed by atoms with van der Waals surface area (Å²) in [6, 6.07) is 8.91.